The van der Waals surface area contributed by atoms with Gasteiger partial charge in [-0.15, -0.1) is 0 Å². The maximum atomic E-state index is 12.9. The summed E-state index contributed by atoms with van der Waals surface area (Å²) in [6.45, 7) is 12.8. The normalized spacial score (nSPS) is 30.4. The van der Waals surface area contributed by atoms with Gasteiger partial charge in [0.05, 0.1) is 12.0 Å². The number of likely N-dealkylation sites (tertiary alicyclic amines) is 1. The summed E-state index contributed by atoms with van der Waals surface area (Å²) in [5, 5.41) is 0. The fourth-order valence-electron chi connectivity index (χ4n) is 3.49. The fourth-order valence-corrected chi connectivity index (χ4v) is 3.49. The molecule has 2 rings (SSSR count). The minimum atomic E-state index is -0.943. The molecule has 1 heterocycles. The van der Waals surface area contributed by atoms with Crippen molar-refractivity contribution in [2.75, 3.05) is 6.61 Å². The highest BCUT2D eigenvalue weighted by Crippen LogP contribution is 2.55. The minimum Gasteiger partial charge on any atom is -0.464 e. The van der Waals surface area contributed by atoms with Crippen LogP contribution in [0.5, 0.6) is 0 Å². The van der Waals surface area contributed by atoms with Crippen molar-refractivity contribution in [1.29, 1.82) is 0 Å². The molecule has 0 radical (unpaired) electrons. The molecule has 0 unspecified atom stereocenters. The quantitative estimate of drug-likeness (QED) is 0.577. The maximum absolute atomic E-state index is 12.9. The van der Waals surface area contributed by atoms with Crippen LogP contribution in [0.4, 0.5) is 4.79 Å². The molecular weight excluding hydrogens is 298 g/mol. The molecule has 6 nitrogen and oxygen atoms in total. The SMILES string of the molecule is C=C1CC[C@@H]2[C@@H](C(=O)OCC)N(C(=O)OC(C)(C)C)C(=O)[C@]12C. The van der Waals surface area contributed by atoms with Crippen molar-refractivity contribution in [3.63, 3.8) is 0 Å². The van der Waals surface area contributed by atoms with Gasteiger partial charge < -0.3 is 9.47 Å². The van der Waals surface area contributed by atoms with Gasteiger partial charge in [-0.25, -0.2) is 14.5 Å². The summed E-state index contributed by atoms with van der Waals surface area (Å²) in [4.78, 5) is 38.8. The van der Waals surface area contributed by atoms with E-state index >= 15 is 0 Å². The molecule has 2 aliphatic rings. The largest absolute Gasteiger partial charge is 0.464 e. The lowest BCUT2D eigenvalue weighted by Gasteiger charge is -2.27. The number of hydrogen-bond donors (Lipinski definition) is 0. The number of amides is 2. The Kier molecular flexibility index (Phi) is 4.30. The van der Waals surface area contributed by atoms with Crippen LogP contribution in [-0.2, 0) is 19.1 Å². The van der Waals surface area contributed by atoms with Crippen molar-refractivity contribution in [3.05, 3.63) is 12.2 Å². The molecule has 23 heavy (non-hydrogen) atoms. The first-order valence-electron chi connectivity index (χ1n) is 7.95. The number of imide groups is 1. The average Bonchev–Trinajstić information content (AvgIpc) is 2.82. The number of hydrogen-bond acceptors (Lipinski definition) is 5. The summed E-state index contributed by atoms with van der Waals surface area (Å²) in [5.74, 6) is -1.29. The van der Waals surface area contributed by atoms with Crippen molar-refractivity contribution in [2.45, 2.75) is 59.1 Å². The number of carbonyl (C=O) groups is 3. The van der Waals surface area contributed by atoms with Crippen molar-refractivity contribution < 1.29 is 23.9 Å². The van der Waals surface area contributed by atoms with Gasteiger partial charge >= 0.3 is 12.1 Å². The first-order valence-corrected chi connectivity index (χ1v) is 7.95. The van der Waals surface area contributed by atoms with Crippen LogP contribution < -0.4 is 0 Å². The maximum Gasteiger partial charge on any atom is 0.417 e. The van der Waals surface area contributed by atoms with E-state index in [1.807, 2.05) is 0 Å². The van der Waals surface area contributed by atoms with E-state index in [-0.39, 0.29) is 12.5 Å². The smallest absolute Gasteiger partial charge is 0.417 e. The van der Waals surface area contributed by atoms with Crippen LogP contribution in [-0.4, -0.2) is 41.1 Å². The van der Waals surface area contributed by atoms with Gasteiger partial charge in [0.2, 0.25) is 5.91 Å². The van der Waals surface area contributed by atoms with Crippen molar-refractivity contribution in [1.82, 2.24) is 4.90 Å². The van der Waals surface area contributed by atoms with Gasteiger partial charge in [0.15, 0.2) is 0 Å². The molecule has 0 bridgehead atoms. The Morgan fingerprint density at radius 2 is 2.00 bits per heavy atom. The van der Waals surface area contributed by atoms with Gasteiger partial charge in [-0.2, -0.15) is 0 Å². The number of fused-ring (bicyclic) bond motifs is 1. The van der Waals surface area contributed by atoms with Crippen LogP contribution >= 0.6 is 0 Å². The molecule has 0 N–H and O–H groups in total. The summed E-state index contributed by atoms with van der Waals surface area (Å²) in [7, 11) is 0. The molecular formula is C17H25NO5. The first kappa shape index (κ1) is 17.5. The Morgan fingerprint density at radius 3 is 2.52 bits per heavy atom. The molecule has 2 amide bonds. The molecule has 3 atom stereocenters. The zero-order valence-corrected chi connectivity index (χ0v) is 14.5. The second kappa shape index (κ2) is 5.65. The predicted molar refractivity (Wildman–Crippen MR) is 83.5 cm³/mol. The molecule has 0 spiro atoms. The lowest BCUT2D eigenvalue weighted by molar-refractivity contribution is -0.152. The van der Waals surface area contributed by atoms with Crippen molar-refractivity contribution in [3.8, 4) is 0 Å². The van der Waals surface area contributed by atoms with E-state index in [2.05, 4.69) is 6.58 Å². The number of carbonyl (C=O) groups excluding carboxylic acids is 3. The Balaban J connectivity index is 2.41. The molecule has 1 aliphatic heterocycles. The monoisotopic (exact) mass is 323 g/mol. The average molecular weight is 323 g/mol. The number of ether oxygens (including phenoxy) is 2. The molecule has 1 aliphatic carbocycles. The van der Waals surface area contributed by atoms with E-state index in [0.717, 1.165) is 10.5 Å². The van der Waals surface area contributed by atoms with E-state index in [9.17, 15) is 14.4 Å². The van der Waals surface area contributed by atoms with Crippen LogP contribution in [0.3, 0.4) is 0 Å². The summed E-state index contributed by atoms with van der Waals surface area (Å²) >= 11 is 0. The van der Waals surface area contributed by atoms with Crippen molar-refractivity contribution in [2.24, 2.45) is 11.3 Å². The van der Waals surface area contributed by atoms with Crippen LogP contribution in [0.15, 0.2) is 12.2 Å². The topological polar surface area (TPSA) is 72.9 Å². The summed E-state index contributed by atoms with van der Waals surface area (Å²) in [5.41, 5.74) is -0.909. The van der Waals surface area contributed by atoms with E-state index < -0.39 is 35.0 Å². The minimum absolute atomic E-state index is 0.191. The molecule has 2 fully saturated rings. The number of nitrogens with zero attached hydrogens (tertiary/aromatic N) is 1. The Bertz CT molecular complexity index is 562. The molecule has 6 heteroatoms. The number of rotatable bonds is 2. The Labute approximate surface area is 136 Å². The van der Waals surface area contributed by atoms with Gasteiger partial charge in [0.25, 0.3) is 0 Å². The lowest BCUT2D eigenvalue weighted by Crippen LogP contribution is -2.48. The lowest BCUT2D eigenvalue weighted by atomic mass is 9.77. The first-order chi connectivity index (χ1) is 10.5. The van der Waals surface area contributed by atoms with E-state index in [1.165, 1.54) is 0 Å². The highest BCUT2D eigenvalue weighted by Gasteiger charge is 2.65. The second-order valence-corrected chi connectivity index (χ2v) is 7.30. The van der Waals surface area contributed by atoms with Crippen LogP contribution in [0.1, 0.15) is 47.5 Å². The molecule has 0 aromatic heterocycles. The molecule has 0 aromatic rings. The van der Waals surface area contributed by atoms with Gasteiger partial charge in [-0.05, 0) is 47.5 Å². The molecule has 1 saturated carbocycles. The van der Waals surface area contributed by atoms with E-state index in [4.69, 9.17) is 9.47 Å². The highest BCUT2D eigenvalue weighted by atomic mass is 16.6. The van der Waals surface area contributed by atoms with Gasteiger partial charge in [-0.3, -0.25) is 4.79 Å². The zero-order valence-electron chi connectivity index (χ0n) is 14.5. The number of esters is 1. The highest BCUT2D eigenvalue weighted by molar-refractivity contribution is 6.04. The Hall–Kier alpha value is -1.85. The van der Waals surface area contributed by atoms with E-state index in [0.29, 0.717) is 12.8 Å². The Morgan fingerprint density at radius 1 is 1.39 bits per heavy atom. The summed E-state index contributed by atoms with van der Waals surface area (Å²) in [6.07, 6.45) is 0.499. The van der Waals surface area contributed by atoms with Crippen LogP contribution in [0, 0.1) is 11.3 Å². The van der Waals surface area contributed by atoms with Crippen molar-refractivity contribution >= 4 is 18.0 Å². The molecule has 0 aromatic carbocycles. The van der Waals surface area contributed by atoms with Crippen LogP contribution in [0.2, 0.25) is 0 Å². The third-order valence-electron chi connectivity index (χ3n) is 4.67. The van der Waals surface area contributed by atoms with Gasteiger partial charge in [-0.1, -0.05) is 12.2 Å². The summed E-state index contributed by atoms with van der Waals surface area (Å²) < 4.78 is 10.4. The van der Waals surface area contributed by atoms with Crippen LogP contribution in [0.25, 0.3) is 0 Å². The second-order valence-electron chi connectivity index (χ2n) is 7.30. The van der Waals surface area contributed by atoms with E-state index in [1.54, 1.807) is 34.6 Å². The standard InChI is InChI=1S/C17H25NO5/c1-7-22-13(19)12-11-9-8-10(2)17(11,6)14(20)18(12)15(21)23-16(3,4)5/h11-12H,2,7-9H2,1,3-6H3/t11-,12+,17-/m1/s1. The third kappa shape index (κ3) is 2.75. The summed E-state index contributed by atoms with van der Waals surface area (Å²) in [6, 6.07) is -0.943. The molecule has 1 saturated heterocycles. The third-order valence-corrected chi connectivity index (χ3v) is 4.67. The predicted octanol–water partition coefficient (Wildman–Crippen LogP) is 2.67. The van der Waals surface area contributed by atoms with Gasteiger partial charge in [0.1, 0.15) is 11.6 Å². The fraction of sp³-hybridized carbons (Fsp3) is 0.706. The van der Waals surface area contributed by atoms with Gasteiger partial charge in [0, 0.05) is 5.92 Å². The zero-order chi connectivity index (χ0) is 17.6. The molecule has 128 valence electrons.